The Morgan fingerprint density at radius 1 is 0.483 bits per heavy atom. The van der Waals surface area contributed by atoms with E-state index in [1.54, 1.807) is 0 Å². The van der Waals surface area contributed by atoms with Crippen molar-refractivity contribution < 1.29 is 134 Å². The Hall–Kier alpha value is -2.40. The molecule has 0 saturated heterocycles. The van der Waals surface area contributed by atoms with Crippen molar-refractivity contribution in [3.8, 4) is 0 Å². The van der Waals surface area contributed by atoms with Crippen LogP contribution in [0.2, 0.25) is 0 Å². The number of nitrogens with zero attached hydrogens (tertiary/aromatic N) is 2. The Morgan fingerprint density at radius 2 is 0.700 bits per heavy atom. The third-order valence-corrected chi connectivity index (χ3v) is 16.5. The fraction of sp³-hybridized carbons (Fsp3) is 0.267. The highest BCUT2D eigenvalue weighted by molar-refractivity contribution is 8.46. The zero-order chi connectivity index (χ0) is 47.6. The van der Waals surface area contributed by atoms with Crippen molar-refractivity contribution in [2.75, 3.05) is 0 Å². The van der Waals surface area contributed by atoms with Crippen LogP contribution in [0, 0.1) is 55.8 Å². The highest BCUT2D eigenvalue weighted by atomic mass is 127. The van der Waals surface area contributed by atoms with Crippen molar-refractivity contribution in [1.82, 2.24) is 9.97 Å². The van der Waals surface area contributed by atoms with E-state index in [-0.39, 0.29) is 0 Å². The second-order valence-electron chi connectivity index (χ2n) is 12.0. The first-order valence-corrected chi connectivity index (χ1v) is 26.0. The van der Waals surface area contributed by atoms with Crippen LogP contribution in [0.25, 0.3) is 0 Å². The molecule has 60 heavy (non-hydrogen) atoms. The molecule has 0 unspecified atom stereocenters. The van der Waals surface area contributed by atoms with E-state index in [2.05, 4.69) is 9.97 Å². The predicted molar refractivity (Wildman–Crippen MR) is 179 cm³/mol. The molecule has 0 radical (unpaired) electrons. The number of aryl methyl sites for hydroxylation is 6. The maximum Gasteiger partial charge on any atom is 0.485 e. The summed E-state index contributed by atoms with van der Waals surface area (Å²) < 4.78 is 247. The van der Waals surface area contributed by atoms with Gasteiger partial charge in [-0.25, -0.2) is 26.8 Å². The molecule has 0 aliphatic rings. The molecule has 2 heterocycles. The number of aromatic nitrogens is 2. The van der Waals surface area contributed by atoms with Gasteiger partial charge in [-0.1, -0.05) is 74.2 Å². The normalized spacial score (nSPS) is 14.9. The van der Waals surface area contributed by atoms with Gasteiger partial charge in [-0.15, -0.1) is 0 Å². The lowest BCUT2D eigenvalue weighted by atomic mass is 10.1. The lowest BCUT2D eigenvalue weighted by molar-refractivity contribution is -0.599. The highest BCUT2D eigenvalue weighted by Gasteiger charge is 2.68. The van der Waals surface area contributed by atoms with Crippen LogP contribution in [0.4, 0.5) is 65.2 Å². The van der Waals surface area contributed by atoms with E-state index in [0.717, 1.165) is 65.0 Å². The van der Waals surface area contributed by atoms with Crippen molar-refractivity contribution in [2.24, 2.45) is 0 Å². The van der Waals surface area contributed by atoms with Crippen LogP contribution in [0.5, 0.6) is 0 Å². The maximum absolute atomic E-state index is 12.6. The second-order valence-corrected chi connectivity index (χ2v) is 25.2. The minimum atomic E-state index is -9.68. The van der Waals surface area contributed by atoms with Gasteiger partial charge in [-0.05, 0) is 65.8 Å². The smallest absolute Gasteiger partial charge is 0.485 e. The topological polar surface area (TPSA) is 140 Å². The molecule has 2 aromatic heterocycles. The minimum absolute atomic E-state index is 0.384. The molecule has 0 amide bonds. The molecular weight excluding hydrogens is 1170 g/mol. The molecule has 8 nitrogen and oxygen atoms in total. The van der Waals surface area contributed by atoms with Crippen molar-refractivity contribution in [3.63, 3.8) is 0 Å². The molecule has 2 aromatic carbocycles. The van der Waals surface area contributed by atoms with Crippen molar-refractivity contribution in [2.45, 2.75) is 62.6 Å². The van der Waals surface area contributed by atoms with Crippen LogP contribution in [-0.4, -0.2) is 46.9 Å². The summed E-state index contributed by atoms with van der Waals surface area (Å²) in [5, 5.41) is -4.16. The molecule has 0 bridgehead atoms. The average Bonchev–Trinajstić information content (AvgIpc) is 2.98. The Bertz CT molecular complexity index is 2200. The first-order chi connectivity index (χ1) is 26.0. The highest BCUT2D eigenvalue weighted by Crippen LogP contribution is 3.02. The molecule has 344 valence electrons. The summed E-state index contributed by atoms with van der Waals surface area (Å²) in [6, 6.07) is 11.0. The van der Waals surface area contributed by atoms with Crippen LogP contribution >= 0.6 is 20.4 Å². The number of hydrogen-bond acceptors (Lipinski definition) is 8. The number of rotatable bonds is 6. The van der Waals surface area contributed by atoms with E-state index in [1.807, 2.05) is 65.8 Å². The first-order valence-electron chi connectivity index (χ1n) is 14.9. The molecule has 0 fully saturated rings. The Labute approximate surface area is 353 Å². The standard InChI is InChI=1S/2C14H14F5INS.2CHF3O3S/c2*1-9-6-10(2)14(11(3)7-9)20-12-4-5-13(21-8-12)22(15,16,17,18)19;2*2-1(3,4)8(5,6)7/h2*4-8H,1-3H3;2*(H,5,6,7)/q2*+1;;/p-2. The first kappa shape index (κ1) is 55.6. The van der Waals surface area contributed by atoms with Crippen LogP contribution in [0.3, 0.4) is 0 Å². The molecule has 0 aliphatic heterocycles. The fourth-order valence-corrected chi connectivity index (χ4v) is 10.1. The summed E-state index contributed by atoms with van der Waals surface area (Å²) in [4.78, 5) is 5.94. The van der Waals surface area contributed by atoms with E-state index in [1.165, 1.54) is 0 Å². The second kappa shape index (κ2) is 17.0. The fourth-order valence-electron chi connectivity index (χ4n) is 4.13. The van der Waals surface area contributed by atoms with E-state index >= 15 is 0 Å². The lowest BCUT2D eigenvalue weighted by Crippen LogP contribution is -3.62. The van der Waals surface area contributed by atoms with Gasteiger partial charge in [0.2, 0.25) is 7.14 Å². The molecule has 0 aliphatic carbocycles. The van der Waals surface area contributed by atoms with Gasteiger partial charge in [-0.3, -0.25) is 0 Å². The van der Waals surface area contributed by atoms with E-state index < -0.39 is 104 Å². The Balaban J connectivity index is 0.000000444. The van der Waals surface area contributed by atoms with Gasteiger partial charge >= 0.3 is 73.9 Å². The van der Waals surface area contributed by atoms with Crippen LogP contribution in [0.1, 0.15) is 33.4 Å². The van der Waals surface area contributed by atoms with Gasteiger partial charge in [-0.2, -0.15) is 26.3 Å². The minimum Gasteiger partial charge on any atom is -0.741 e. The monoisotopic (exact) mass is 1200 g/mol. The van der Waals surface area contributed by atoms with Crippen LogP contribution < -0.4 is 42.4 Å². The van der Waals surface area contributed by atoms with Gasteiger partial charge < -0.3 is 9.11 Å². The SMILES string of the molecule is Cc1cc(C)c([I+]c2ccc(S(F)(F)(F)(F)F)nc2)c(C)c1.Cc1cc(C)c([I+]c2ccc(S(F)(F)(F)(F)F)nc2)c(C)c1.O=S(=O)([O-])C(F)(F)F.O=S(=O)([O-])C(F)(F)F. The molecule has 0 atom stereocenters. The average molecular weight is 1200 g/mol. The summed E-state index contributed by atoms with van der Waals surface area (Å²) in [5.41, 5.74) is -4.84. The summed E-state index contributed by atoms with van der Waals surface area (Å²) >= 11 is -1.54. The zero-order valence-electron chi connectivity index (χ0n) is 30.6. The van der Waals surface area contributed by atoms with Crippen molar-refractivity contribution in [3.05, 3.63) is 109 Å². The molecule has 0 N–H and O–H groups in total. The van der Waals surface area contributed by atoms with E-state index in [4.69, 9.17) is 25.9 Å². The number of pyridine rings is 2. The quantitative estimate of drug-likeness (QED) is 0.104. The van der Waals surface area contributed by atoms with E-state index in [9.17, 15) is 65.2 Å². The van der Waals surface area contributed by atoms with Gasteiger partial charge in [0.15, 0.2) is 37.4 Å². The lowest BCUT2D eigenvalue weighted by Gasteiger charge is -2.39. The molecule has 0 spiro atoms. The van der Waals surface area contributed by atoms with Gasteiger partial charge in [0.25, 0.3) is 0 Å². The Morgan fingerprint density at radius 3 is 0.850 bits per heavy atom. The van der Waals surface area contributed by atoms with Gasteiger partial charge in [0, 0.05) is 22.3 Å². The van der Waals surface area contributed by atoms with Gasteiger partial charge in [0.1, 0.15) is 0 Å². The van der Waals surface area contributed by atoms with E-state index in [0.29, 0.717) is 19.3 Å². The number of halogens is 18. The third-order valence-electron chi connectivity index (χ3n) is 6.33. The summed E-state index contributed by atoms with van der Waals surface area (Å²) in [6.45, 7) is 11.7. The molecule has 4 rings (SSSR count). The summed E-state index contributed by atoms with van der Waals surface area (Å²) in [6.07, 6.45) is 1.83. The van der Waals surface area contributed by atoms with Crippen molar-refractivity contribution >= 4 is 40.7 Å². The van der Waals surface area contributed by atoms with Crippen LogP contribution in [-0.2, 0) is 20.2 Å². The maximum atomic E-state index is 12.6. The number of alkyl halides is 6. The largest absolute Gasteiger partial charge is 0.741 e. The molecule has 30 heteroatoms. The molecule has 0 saturated carbocycles. The van der Waals surface area contributed by atoms with Crippen molar-refractivity contribution in [1.29, 1.82) is 0 Å². The Kier molecular flexibility index (Phi) is 15.7. The predicted octanol–water partition coefficient (Wildman–Crippen LogP) is 5.69. The molecule has 4 aromatic rings. The van der Waals surface area contributed by atoms with Crippen LogP contribution in [0.15, 0.2) is 71.0 Å². The van der Waals surface area contributed by atoms with Gasteiger partial charge in [0.05, 0.1) is 12.4 Å². The molecular formula is C30H28F16I2N2O6S4. The third kappa shape index (κ3) is 18.1. The summed E-state index contributed by atoms with van der Waals surface area (Å²) in [7, 11) is -31.5. The number of benzene rings is 2. The number of hydrogen-bond donors (Lipinski definition) is 0. The zero-order valence-corrected chi connectivity index (χ0v) is 38.1. The summed E-state index contributed by atoms with van der Waals surface area (Å²) in [5.74, 6) is 0.